The predicted molar refractivity (Wildman–Crippen MR) is 82.5 cm³/mol. The van der Waals surface area contributed by atoms with Crippen LogP contribution in [0.25, 0.3) is 11.0 Å². The molecule has 1 fully saturated rings. The Balaban J connectivity index is 2.01. The minimum Gasteiger partial charge on any atom is -0.478 e. The zero-order chi connectivity index (χ0) is 15.0. The molecular weight excluding hydrogens is 264 g/mol. The van der Waals surface area contributed by atoms with Gasteiger partial charge in [-0.1, -0.05) is 26.7 Å². The van der Waals surface area contributed by atoms with E-state index < -0.39 is 5.97 Å². The fourth-order valence-electron chi connectivity index (χ4n) is 3.69. The lowest BCUT2D eigenvalue weighted by molar-refractivity contribution is 0.0697. The average molecular weight is 286 g/mol. The van der Waals surface area contributed by atoms with Crippen molar-refractivity contribution in [2.75, 3.05) is 0 Å². The molecule has 0 spiro atoms. The first kappa shape index (κ1) is 14.1. The van der Waals surface area contributed by atoms with Crippen molar-refractivity contribution in [1.29, 1.82) is 0 Å². The largest absolute Gasteiger partial charge is 0.478 e. The molecule has 0 radical (unpaired) electrons. The SMILES string of the molecule is CC(C)C1CCCCC1n1cnc2cc(C(=O)O)ccc21. The molecule has 4 heteroatoms. The Labute approximate surface area is 124 Å². The van der Waals surface area contributed by atoms with Crippen molar-refractivity contribution in [3.8, 4) is 0 Å². The van der Waals surface area contributed by atoms with Crippen molar-refractivity contribution in [2.24, 2.45) is 11.8 Å². The lowest BCUT2D eigenvalue weighted by atomic mass is 9.77. The molecule has 0 aliphatic heterocycles. The Morgan fingerprint density at radius 1 is 1.33 bits per heavy atom. The van der Waals surface area contributed by atoms with Crippen LogP contribution < -0.4 is 0 Å². The molecule has 0 saturated heterocycles. The molecule has 1 aromatic heterocycles. The predicted octanol–water partition coefficient (Wildman–Crippen LogP) is 4.12. The van der Waals surface area contributed by atoms with Crippen LogP contribution in [0.2, 0.25) is 0 Å². The molecule has 0 amide bonds. The van der Waals surface area contributed by atoms with Crippen LogP contribution in [0, 0.1) is 11.8 Å². The summed E-state index contributed by atoms with van der Waals surface area (Å²) in [5.74, 6) is 0.436. The van der Waals surface area contributed by atoms with Crippen LogP contribution in [-0.4, -0.2) is 20.6 Å². The number of imidazole rings is 1. The molecular formula is C17H22N2O2. The molecule has 1 saturated carbocycles. The van der Waals surface area contributed by atoms with Gasteiger partial charge in [-0.3, -0.25) is 0 Å². The van der Waals surface area contributed by atoms with Crippen molar-refractivity contribution in [1.82, 2.24) is 9.55 Å². The van der Waals surface area contributed by atoms with Gasteiger partial charge >= 0.3 is 5.97 Å². The standard InChI is InChI=1S/C17H22N2O2/c1-11(2)13-5-3-4-6-15(13)19-10-18-14-9-12(17(20)21)7-8-16(14)19/h7-11,13,15H,3-6H2,1-2H3,(H,20,21). The number of benzene rings is 1. The summed E-state index contributed by atoms with van der Waals surface area (Å²) in [6, 6.07) is 5.73. The summed E-state index contributed by atoms with van der Waals surface area (Å²) < 4.78 is 2.27. The molecule has 112 valence electrons. The molecule has 21 heavy (non-hydrogen) atoms. The van der Waals surface area contributed by atoms with Gasteiger partial charge < -0.3 is 9.67 Å². The number of carbonyl (C=O) groups is 1. The number of carboxylic acid groups (broad SMARTS) is 1. The van der Waals surface area contributed by atoms with Gasteiger partial charge in [0.25, 0.3) is 0 Å². The Morgan fingerprint density at radius 3 is 2.81 bits per heavy atom. The van der Waals surface area contributed by atoms with Gasteiger partial charge in [0, 0.05) is 6.04 Å². The zero-order valence-electron chi connectivity index (χ0n) is 12.6. The van der Waals surface area contributed by atoms with Crippen LogP contribution in [0.4, 0.5) is 0 Å². The van der Waals surface area contributed by atoms with Gasteiger partial charge in [-0.15, -0.1) is 0 Å². The number of nitrogens with zero attached hydrogens (tertiary/aromatic N) is 2. The van der Waals surface area contributed by atoms with E-state index in [9.17, 15) is 4.79 Å². The molecule has 1 heterocycles. The highest BCUT2D eigenvalue weighted by atomic mass is 16.4. The van der Waals surface area contributed by atoms with E-state index in [-0.39, 0.29) is 0 Å². The fraction of sp³-hybridized carbons (Fsp3) is 0.529. The molecule has 2 atom stereocenters. The van der Waals surface area contributed by atoms with Gasteiger partial charge in [-0.25, -0.2) is 9.78 Å². The molecule has 1 N–H and O–H groups in total. The molecule has 1 aliphatic rings. The Kier molecular flexibility index (Phi) is 3.70. The van der Waals surface area contributed by atoms with E-state index in [0.29, 0.717) is 23.4 Å². The normalized spacial score (nSPS) is 22.8. The van der Waals surface area contributed by atoms with E-state index in [1.54, 1.807) is 12.1 Å². The van der Waals surface area contributed by atoms with Gasteiger partial charge in [-0.2, -0.15) is 0 Å². The van der Waals surface area contributed by atoms with Crippen LogP contribution in [0.3, 0.4) is 0 Å². The summed E-state index contributed by atoms with van der Waals surface area (Å²) in [7, 11) is 0. The van der Waals surface area contributed by atoms with Crippen LogP contribution in [-0.2, 0) is 0 Å². The van der Waals surface area contributed by atoms with E-state index in [4.69, 9.17) is 5.11 Å². The second-order valence-electron chi connectivity index (χ2n) is 6.42. The summed E-state index contributed by atoms with van der Waals surface area (Å²) >= 11 is 0. The van der Waals surface area contributed by atoms with E-state index in [1.165, 1.54) is 25.7 Å². The van der Waals surface area contributed by atoms with Crippen molar-refractivity contribution in [3.05, 3.63) is 30.1 Å². The Bertz CT molecular complexity index is 660. The van der Waals surface area contributed by atoms with Gasteiger partial charge in [0.2, 0.25) is 0 Å². The topological polar surface area (TPSA) is 55.1 Å². The summed E-state index contributed by atoms with van der Waals surface area (Å²) in [4.78, 5) is 15.5. The maximum absolute atomic E-state index is 11.1. The minimum absolute atomic E-state index is 0.303. The third kappa shape index (κ3) is 2.55. The van der Waals surface area contributed by atoms with Crippen molar-refractivity contribution in [2.45, 2.75) is 45.6 Å². The Morgan fingerprint density at radius 2 is 2.10 bits per heavy atom. The number of fused-ring (bicyclic) bond motifs is 1. The lowest BCUT2D eigenvalue weighted by Gasteiger charge is -2.35. The third-order valence-electron chi connectivity index (χ3n) is 4.82. The maximum atomic E-state index is 11.1. The highest BCUT2D eigenvalue weighted by Gasteiger charge is 2.29. The highest BCUT2D eigenvalue weighted by Crippen LogP contribution is 2.39. The second-order valence-corrected chi connectivity index (χ2v) is 6.42. The highest BCUT2D eigenvalue weighted by molar-refractivity contribution is 5.92. The van der Waals surface area contributed by atoms with Gasteiger partial charge in [0.1, 0.15) is 0 Å². The summed E-state index contributed by atoms with van der Waals surface area (Å²) in [5.41, 5.74) is 2.14. The van der Waals surface area contributed by atoms with Crippen LogP contribution in [0.5, 0.6) is 0 Å². The fourth-order valence-corrected chi connectivity index (χ4v) is 3.69. The smallest absolute Gasteiger partial charge is 0.335 e. The van der Waals surface area contributed by atoms with Crippen LogP contribution in [0.15, 0.2) is 24.5 Å². The second kappa shape index (κ2) is 5.51. The molecule has 0 bridgehead atoms. The van der Waals surface area contributed by atoms with Gasteiger partial charge in [0.05, 0.1) is 22.9 Å². The minimum atomic E-state index is -0.899. The van der Waals surface area contributed by atoms with Gasteiger partial charge in [0.15, 0.2) is 0 Å². The van der Waals surface area contributed by atoms with E-state index in [0.717, 1.165) is 11.0 Å². The number of carboxylic acids is 1. The van der Waals surface area contributed by atoms with Gasteiger partial charge in [-0.05, 0) is 42.9 Å². The monoisotopic (exact) mass is 286 g/mol. The zero-order valence-corrected chi connectivity index (χ0v) is 12.6. The lowest BCUT2D eigenvalue weighted by Crippen LogP contribution is -2.26. The quantitative estimate of drug-likeness (QED) is 0.923. The molecule has 1 aromatic carbocycles. The molecule has 2 aromatic rings. The molecule has 3 rings (SSSR count). The number of hydrogen-bond donors (Lipinski definition) is 1. The molecule has 1 aliphatic carbocycles. The van der Waals surface area contributed by atoms with E-state index in [2.05, 4.69) is 23.4 Å². The van der Waals surface area contributed by atoms with Crippen molar-refractivity contribution in [3.63, 3.8) is 0 Å². The Hall–Kier alpha value is -1.84. The molecule has 2 unspecified atom stereocenters. The van der Waals surface area contributed by atoms with E-state index >= 15 is 0 Å². The first-order valence-electron chi connectivity index (χ1n) is 7.78. The van der Waals surface area contributed by atoms with Crippen molar-refractivity contribution < 1.29 is 9.90 Å². The maximum Gasteiger partial charge on any atom is 0.335 e. The number of aromatic nitrogens is 2. The summed E-state index contributed by atoms with van der Waals surface area (Å²) in [6.07, 6.45) is 6.93. The summed E-state index contributed by atoms with van der Waals surface area (Å²) in [5, 5.41) is 9.08. The first-order valence-corrected chi connectivity index (χ1v) is 7.78. The van der Waals surface area contributed by atoms with E-state index in [1.807, 2.05) is 12.4 Å². The summed E-state index contributed by atoms with van der Waals surface area (Å²) in [6.45, 7) is 4.59. The van der Waals surface area contributed by atoms with Crippen LogP contribution >= 0.6 is 0 Å². The number of hydrogen-bond acceptors (Lipinski definition) is 2. The molecule has 4 nitrogen and oxygen atoms in total. The number of aromatic carboxylic acids is 1. The average Bonchev–Trinajstić information content (AvgIpc) is 2.89. The first-order chi connectivity index (χ1) is 10.1. The van der Waals surface area contributed by atoms with Crippen molar-refractivity contribution >= 4 is 17.0 Å². The van der Waals surface area contributed by atoms with Crippen LogP contribution in [0.1, 0.15) is 55.9 Å². The third-order valence-corrected chi connectivity index (χ3v) is 4.82. The number of rotatable bonds is 3.